The van der Waals surface area contributed by atoms with E-state index in [9.17, 15) is 4.79 Å². The van der Waals surface area contributed by atoms with Crippen molar-refractivity contribution in [2.45, 2.75) is 13.0 Å². The molecular weight excluding hydrogens is 328 g/mol. The van der Waals surface area contributed by atoms with Gasteiger partial charge < -0.3 is 19.7 Å². The Labute approximate surface area is 146 Å². The van der Waals surface area contributed by atoms with E-state index in [4.69, 9.17) is 21.1 Å². The number of carbonyl (C=O) groups excluding carboxylic acids is 1. The number of nitrogens with zero attached hydrogens (tertiary/aromatic N) is 1. The standard InChI is InChI=1S/C18H19ClN2O3/c1-23-16-9-12-7-8-21(11-13(12)10-17(16)24-2)18(22)20-15-5-3-14(19)4-6-15/h3-6,9-10H,7-8,11H2,1-2H3,(H,20,22). The fraction of sp³-hybridized carbons (Fsp3) is 0.278. The third kappa shape index (κ3) is 3.41. The molecule has 0 spiro atoms. The summed E-state index contributed by atoms with van der Waals surface area (Å²) in [4.78, 5) is 14.2. The lowest BCUT2D eigenvalue weighted by Crippen LogP contribution is -2.38. The van der Waals surface area contributed by atoms with E-state index < -0.39 is 0 Å². The second kappa shape index (κ2) is 7.01. The van der Waals surface area contributed by atoms with Crippen molar-refractivity contribution >= 4 is 23.3 Å². The lowest BCUT2D eigenvalue weighted by molar-refractivity contribution is 0.206. The van der Waals surface area contributed by atoms with Crippen molar-refractivity contribution in [1.82, 2.24) is 4.90 Å². The maximum absolute atomic E-state index is 12.5. The molecule has 1 aliphatic rings. The molecule has 0 radical (unpaired) electrons. The number of urea groups is 1. The van der Waals surface area contributed by atoms with Gasteiger partial charge in [0.25, 0.3) is 0 Å². The highest BCUT2D eigenvalue weighted by atomic mass is 35.5. The lowest BCUT2D eigenvalue weighted by Gasteiger charge is -2.29. The van der Waals surface area contributed by atoms with Crippen molar-refractivity contribution in [2.24, 2.45) is 0 Å². The maximum atomic E-state index is 12.5. The van der Waals surface area contributed by atoms with Gasteiger partial charge in [-0.25, -0.2) is 4.79 Å². The fourth-order valence-electron chi connectivity index (χ4n) is 2.79. The quantitative estimate of drug-likeness (QED) is 0.915. The highest BCUT2D eigenvalue weighted by Crippen LogP contribution is 2.33. The monoisotopic (exact) mass is 346 g/mol. The smallest absolute Gasteiger partial charge is 0.322 e. The molecule has 0 fully saturated rings. The summed E-state index contributed by atoms with van der Waals surface area (Å²) in [5, 5.41) is 3.53. The molecule has 1 aliphatic heterocycles. The Bertz CT molecular complexity index is 747. The van der Waals surface area contributed by atoms with E-state index in [1.807, 2.05) is 12.1 Å². The van der Waals surface area contributed by atoms with Crippen LogP contribution < -0.4 is 14.8 Å². The van der Waals surface area contributed by atoms with Crippen molar-refractivity contribution in [1.29, 1.82) is 0 Å². The number of rotatable bonds is 3. The van der Waals surface area contributed by atoms with E-state index in [2.05, 4.69) is 5.32 Å². The highest BCUT2D eigenvalue weighted by molar-refractivity contribution is 6.30. The van der Waals surface area contributed by atoms with Crippen molar-refractivity contribution in [3.63, 3.8) is 0 Å². The van der Waals surface area contributed by atoms with Crippen molar-refractivity contribution in [2.75, 3.05) is 26.1 Å². The Hall–Kier alpha value is -2.40. The SMILES string of the molecule is COc1cc2c(cc1OC)CN(C(=O)Nc1ccc(Cl)cc1)CC2. The summed E-state index contributed by atoms with van der Waals surface area (Å²) in [5.41, 5.74) is 2.98. The second-order valence-corrected chi connectivity index (χ2v) is 6.02. The number of carbonyl (C=O) groups is 1. The van der Waals surface area contributed by atoms with Crippen LogP contribution in [0.2, 0.25) is 5.02 Å². The number of halogens is 1. The predicted octanol–water partition coefficient (Wildman–Crippen LogP) is 3.95. The van der Waals surface area contributed by atoms with Crippen LogP contribution in [0.15, 0.2) is 36.4 Å². The molecule has 1 heterocycles. The second-order valence-electron chi connectivity index (χ2n) is 5.58. The zero-order chi connectivity index (χ0) is 17.1. The minimum absolute atomic E-state index is 0.127. The van der Waals surface area contributed by atoms with E-state index in [0.29, 0.717) is 23.9 Å². The van der Waals surface area contributed by atoms with Crippen LogP contribution in [0.4, 0.5) is 10.5 Å². The van der Waals surface area contributed by atoms with E-state index in [0.717, 1.165) is 23.4 Å². The molecule has 3 rings (SSSR count). The first-order chi connectivity index (χ1) is 11.6. The highest BCUT2D eigenvalue weighted by Gasteiger charge is 2.22. The molecule has 24 heavy (non-hydrogen) atoms. The van der Waals surface area contributed by atoms with Gasteiger partial charge in [-0.3, -0.25) is 0 Å². The molecule has 0 aliphatic carbocycles. The molecule has 0 unspecified atom stereocenters. The Morgan fingerprint density at radius 2 is 1.71 bits per heavy atom. The number of benzene rings is 2. The first kappa shape index (κ1) is 16.5. The van der Waals surface area contributed by atoms with Crippen LogP contribution in [-0.2, 0) is 13.0 Å². The van der Waals surface area contributed by atoms with E-state index in [1.165, 1.54) is 5.56 Å². The number of hydrogen-bond acceptors (Lipinski definition) is 3. The van der Waals surface area contributed by atoms with E-state index >= 15 is 0 Å². The van der Waals surface area contributed by atoms with Gasteiger partial charge in [0.05, 0.1) is 14.2 Å². The number of fused-ring (bicyclic) bond motifs is 1. The van der Waals surface area contributed by atoms with Gasteiger partial charge in [0.1, 0.15) is 0 Å². The maximum Gasteiger partial charge on any atom is 0.322 e. The Morgan fingerprint density at radius 3 is 2.33 bits per heavy atom. The van der Waals surface area contributed by atoms with Gasteiger partial charge in [-0.15, -0.1) is 0 Å². The number of hydrogen-bond donors (Lipinski definition) is 1. The number of amides is 2. The Balaban J connectivity index is 1.74. The van der Waals surface area contributed by atoms with Gasteiger partial charge in [0, 0.05) is 23.8 Å². The molecule has 0 saturated heterocycles. The average Bonchev–Trinajstić information content (AvgIpc) is 2.61. The lowest BCUT2D eigenvalue weighted by atomic mass is 9.99. The van der Waals surface area contributed by atoms with Gasteiger partial charge in [0.2, 0.25) is 0 Å². The van der Waals surface area contributed by atoms with Crippen LogP contribution in [0.3, 0.4) is 0 Å². The van der Waals surface area contributed by atoms with Gasteiger partial charge in [-0.05, 0) is 53.9 Å². The third-order valence-electron chi connectivity index (χ3n) is 4.10. The molecule has 0 aromatic heterocycles. The molecule has 126 valence electrons. The van der Waals surface area contributed by atoms with Crippen LogP contribution in [-0.4, -0.2) is 31.7 Å². The topological polar surface area (TPSA) is 50.8 Å². The summed E-state index contributed by atoms with van der Waals surface area (Å²) in [7, 11) is 3.23. The number of ether oxygens (including phenoxy) is 2. The Kier molecular flexibility index (Phi) is 4.81. The first-order valence-corrected chi connectivity index (χ1v) is 8.04. The first-order valence-electron chi connectivity index (χ1n) is 7.66. The van der Waals surface area contributed by atoms with Gasteiger partial charge >= 0.3 is 6.03 Å². The summed E-state index contributed by atoms with van der Waals surface area (Å²) in [6.45, 7) is 1.19. The average molecular weight is 347 g/mol. The van der Waals surface area contributed by atoms with Crippen LogP contribution >= 0.6 is 11.6 Å². The normalized spacial score (nSPS) is 13.2. The number of methoxy groups -OCH3 is 2. The molecule has 2 amide bonds. The summed E-state index contributed by atoms with van der Waals surface area (Å²) < 4.78 is 10.7. The summed E-state index contributed by atoms with van der Waals surface area (Å²) in [6.07, 6.45) is 0.781. The Morgan fingerprint density at radius 1 is 1.08 bits per heavy atom. The summed E-state index contributed by atoms with van der Waals surface area (Å²) in [6, 6.07) is 10.9. The predicted molar refractivity (Wildman–Crippen MR) is 94.1 cm³/mol. The molecule has 0 atom stereocenters. The van der Waals surface area contributed by atoms with E-state index in [1.54, 1.807) is 43.4 Å². The fourth-order valence-corrected chi connectivity index (χ4v) is 2.92. The van der Waals surface area contributed by atoms with Gasteiger partial charge in [0.15, 0.2) is 11.5 Å². The zero-order valence-electron chi connectivity index (χ0n) is 13.6. The molecule has 0 bridgehead atoms. The van der Waals surface area contributed by atoms with Crippen LogP contribution in [0.25, 0.3) is 0 Å². The van der Waals surface area contributed by atoms with Gasteiger partial charge in [-0.2, -0.15) is 0 Å². The zero-order valence-corrected chi connectivity index (χ0v) is 14.4. The van der Waals surface area contributed by atoms with E-state index in [-0.39, 0.29) is 6.03 Å². The number of nitrogens with one attached hydrogen (secondary N) is 1. The minimum Gasteiger partial charge on any atom is -0.493 e. The minimum atomic E-state index is -0.127. The largest absolute Gasteiger partial charge is 0.493 e. The summed E-state index contributed by atoms with van der Waals surface area (Å²) >= 11 is 5.86. The molecule has 2 aromatic rings. The molecule has 5 nitrogen and oxygen atoms in total. The molecular formula is C18H19ClN2O3. The van der Waals surface area contributed by atoms with Crippen molar-refractivity contribution in [3.8, 4) is 11.5 Å². The number of anilines is 1. The summed E-state index contributed by atoms with van der Waals surface area (Å²) in [5.74, 6) is 1.39. The van der Waals surface area contributed by atoms with Crippen LogP contribution in [0.5, 0.6) is 11.5 Å². The van der Waals surface area contributed by atoms with Crippen molar-refractivity contribution < 1.29 is 14.3 Å². The third-order valence-corrected chi connectivity index (χ3v) is 4.35. The molecule has 0 saturated carbocycles. The molecule has 2 aromatic carbocycles. The van der Waals surface area contributed by atoms with Crippen molar-refractivity contribution in [3.05, 3.63) is 52.5 Å². The molecule has 6 heteroatoms. The van der Waals surface area contributed by atoms with Gasteiger partial charge in [-0.1, -0.05) is 11.6 Å². The van der Waals surface area contributed by atoms with Crippen LogP contribution in [0.1, 0.15) is 11.1 Å². The molecule has 1 N–H and O–H groups in total. The van der Waals surface area contributed by atoms with Crippen LogP contribution in [0, 0.1) is 0 Å².